The van der Waals surface area contributed by atoms with E-state index < -0.39 is 11.6 Å². The number of benzene rings is 1. The summed E-state index contributed by atoms with van der Waals surface area (Å²) in [6.45, 7) is 0. The van der Waals surface area contributed by atoms with Gasteiger partial charge in [-0.3, -0.25) is 0 Å². The first-order valence-electron chi connectivity index (χ1n) is 3.96. The summed E-state index contributed by atoms with van der Waals surface area (Å²) < 4.78 is 25.4. The molecule has 0 unspecified atom stereocenters. The highest BCUT2D eigenvalue weighted by Gasteiger charge is 1.98. The van der Waals surface area contributed by atoms with Gasteiger partial charge in [-0.1, -0.05) is 12.2 Å². The van der Waals surface area contributed by atoms with Crippen LogP contribution in [-0.4, -0.2) is 5.75 Å². The lowest BCUT2D eigenvalue weighted by molar-refractivity contribution is 0.581. The van der Waals surface area contributed by atoms with Crippen molar-refractivity contribution in [2.45, 2.75) is 6.42 Å². The van der Waals surface area contributed by atoms with Gasteiger partial charge >= 0.3 is 0 Å². The largest absolute Gasteiger partial charge is 0.207 e. The van der Waals surface area contributed by atoms with Crippen molar-refractivity contribution in [1.29, 1.82) is 0 Å². The first-order valence-corrected chi connectivity index (χ1v) is 4.59. The molecule has 0 N–H and O–H groups in total. The second-order valence-corrected chi connectivity index (χ2v) is 3.03. The van der Waals surface area contributed by atoms with Crippen molar-refractivity contribution in [1.82, 2.24) is 0 Å². The summed E-state index contributed by atoms with van der Waals surface area (Å²) in [5.41, 5.74) is 0.406. The molecule has 0 spiro atoms. The van der Waals surface area contributed by atoms with Crippen LogP contribution in [0.3, 0.4) is 0 Å². The molecular formula is C10H10F2S. The smallest absolute Gasteiger partial charge is 0.133 e. The van der Waals surface area contributed by atoms with Gasteiger partial charge in [0.1, 0.15) is 11.6 Å². The molecule has 70 valence electrons. The van der Waals surface area contributed by atoms with Crippen molar-refractivity contribution in [2.24, 2.45) is 0 Å². The Morgan fingerprint density at radius 2 is 2.08 bits per heavy atom. The van der Waals surface area contributed by atoms with Gasteiger partial charge in [0, 0.05) is 11.6 Å². The van der Waals surface area contributed by atoms with Gasteiger partial charge in [0.25, 0.3) is 0 Å². The molecule has 1 aromatic rings. The Bertz CT molecular complexity index is 308. The number of halogens is 2. The average molecular weight is 200 g/mol. The van der Waals surface area contributed by atoms with E-state index in [0.29, 0.717) is 5.56 Å². The van der Waals surface area contributed by atoms with E-state index in [1.807, 2.05) is 6.08 Å². The van der Waals surface area contributed by atoms with E-state index in [1.165, 1.54) is 12.1 Å². The van der Waals surface area contributed by atoms with Gasteiger partial charge in [-0.05, 0) is 24.3 Å². The molecule has 3 heteroatoms. The van der Waals surface area contributed by atoms with Crippen LogP contribution in [0.25, 0.3) is 6.08 Å². The number of hydrogen-bond acceptors (Lipinski definition) is 1. The van der Waals surface area contributed by atoms with Gasteiger partial charge in [-0.15, -0.1) is 0 Å². The van der Waals surface area contributed by atoms with Crippen LogP contribution in [0.5, 0.6) is 0 Å². The molecule has 0 aliphatic rings. The van der Waals surface area contributed by atoms with Gasteiger partial charge in [-0.25, -0.2) is 8.78 Å². The fourth-order valence-corrected chi connectivity index (χ4v) is 1.07. The molecule has 0 aliphatic carbocycles. The number of hydrogen-bond donors (Lipinski definition) is 1. The molecule has 1 rings (SSSR count). The summed E-state index contributed by atoms with van der Waals surface area (Å²) in [6, 6.07) is 3.53. The Kier molecular flexibility index (Phi) is 3.96. The van der Waals surface area contributed by atoms with Gasteiger partial charge in [-0.2, -0.15) is 12.6 Å². The van der Waals surface area contributed by atoms with Crippen LogP contribution in [0.1, 0.15) is 12.0 Å². The molecule has 0 amide bonds. The quantitative estimate of drug-likeness (QED) is 0.711. The molecule has 0 atom stereocenters. The number of thiol groups is 1. The average Bonchev–Trinajstić information content (AvgIpc) is 2.09. The van der Waals surface area contributed by atoms with Crippen molar-refractivity contribution in [2.75, 3.05) is 5.75 Å². The zero-order valence-corrected chi connectivity index (χ0v) is 7.90. The van der Waals surface area contributed by atoms with Crippen LogP contribution in [0.2, 0.25) is 0 Å². The van der Waals surface area contributed by atoms with Gasteiger partial charge in [0.2, 0.25) is 0 Å². The molecular weight excluding hydrogens is 190 g/mol. The Hall–Kier alpha value is -0.830. The first kappa shape index (κ1) is 10.3. The minimum absolute atomic E-state index is 0.406. The molecule has 0 bridgehead atoms. The summed E-state index contributed by atoms with van der Waals surface area (Å²) in [6.07, 6.45) is 4.22. The minimum atomic E-state index is -0.552. The molecule has 0 heterocycles. The molecule has 13 heavy (non-hydrogen) atoms. The number of rotatable bonds is 3. The number of allylic oxidation sites excluding steroid dienone is 1. The summed E-state index contributed by atoms with van der Waals surface area (Å²) >= 11 is 4.00. The van der Waals surface area contributed by atoms with Crippen LogP contribution < -0.4 is 0 Å². The summed E-state index contributed by atoms with van der Waals surface area (Å²) in [5, 5.41) is 0. The monoisotopic (exact) mass is 200 g/mol. The topological polar surface area (TPSA) is 0 Å². The van der Waals surface area contributed by atoms with E-state index >= 15 is 0 Å². The molecule has 0 aliphatic heterocycles. The summed E-state index contributed by atoms with van der Waals surface area (Å²) in [7, 11) is 0. The van der Waals surface area contributed by atoms with E-state index in [-0.39, 0.29) is 0 Å². The van der Waals surface area contributed by atoms with Crippen molar-refractivity contribution >= 4 is 18.7 Å². The molecule has 0 saturated carbocycles. The van der Waals surface area contributed by atoms with Crippen molar-refractivity contribution < 1.29 is 8.78 Å². The highest BCUT2D eigenvalue weighted by atomic mass is 32.1. The lowest BCUT2D eigenvalue weighted by Gasteiger charge is -1.95. The third-order valence-corrected chi connectivity index (χ3v) is 1.81. The second kappa shape index (κ2) is 5.02. The Morgan fingerprint density at radius 1 is 1.31 bits per heavy atom. The summed E-state index contributed by atoms with van der Waals surface area (Å²) in [5.74, 6) is -0.362. The van der Waals surface area contributed by atoms with E-state index in [4.69, 9.17) is 0 Å². The highest BCUT2D eigenvalue weighted by molar-refractivity contribution is 7.80. The zero-order valence-electron chi connectivity index (χ0n) is 7.00. The zero-order chi connectivity index (χ0) is 9.68. The van der Waals surface area contributed by atoms with Gasteiger partial charge in [0.05, 0.1) is 0 Å². The highest BCUT2D eigenvalue weighted by Crippen LogP contribution is 2.11. The SMILES string of the molecule is Fc1ccc(C=CCCS)c(F)c1. The normalized spacial score (nSPS) is 11.0. The predicted molar refractivity (Wildman–Crippen MR) is 53.9 cm³/mol. The van der Waals surface area contributed by atoms with Crippen LogP contribution >= 0.6 is 12.6 Å². The molecule has 1 aromatic carbocycles. The third kappa shape index (κ3) is 3.19. The molecule has 0 radical (unpaired) electrons. The minimum Gasteiger partial charge on any atom is -0.207 e. The van der Waals surface area contributed by atoms with Gasteiger partial charge < -0.3 is 0 Å². The Labute approximate surface area is 81.7 Å². The van der Waals surface area contributed by atoms with Crippen molar-refractivity contribution in [3.05, 3.63) is 41.5 Å². The van der Waals surface area contributed by atoms with Crippen LogP contribution in [0, 0.1) is 11.6 Å². The molecule has 0 saturated heterocycles. The fourth-order valence-electron chi connectivity index (χ4n) is 0.922. The lowest BCUT2D eigenvalue weighted by atomic mass is 10.2. The maximum atomic E-state index is 13.0. The summed E-state index contributed by atoms with van der Waals surface area (Å²) in [4.78, 5) is 0. The second-order valence-electron chi connectivity index (χ2n) is 2.58. The standard InChI is InChI=1S/C10H10F2S/c11-9-5-4-8(10(12)7-9)3-1-2-6-13/h1,3-5,7,13H,2,6H2. The van der Waals surface area contributed by atoms with Crippen LogP contribution in [0.15, 0.2) is 24.3 Å². The Balaban J connectivity index is 2.77. The molecule has 0 fully saturated rings. The molecule has 0 nitrogen and oxygen atoms in total. The van der Waals surface area contributed by atoms with Crippen LogP contribution in [0.4, 0.5) is 8.78 Å². The molecule has 0 aromatic heterocycles. The van der Waals surface area contributed by atoms with E-state index in [2.05, 4.69) is 12.6 Å². The predicted octanol–water partition coefficient (Wildman–Crippen LogP) is 3.30. The maximum Gasteiger partial charge on any atom is 0.133 e. The van der Waals surface area contributed by atoms with E-state index in [0.717, 1.165) is 18.2 Å². The maximum absolute atomic E-state index is 13.0. The van der Waals surface area contributed by atoms with E-state index in [9.17, 15) is 8.78 Å². The lowest BCUT2D eigenvalue weighted by Crippen LogP contribution is -1.83. The first-order chi connectivity index (χ1) is 6.24. The van der Waals surface area contributed by atoms with Gasteiger partial charge in [0.15, 0.2) is 0 Å². The Morgan fingerprint density at radius 3 is 2.69 bits per heavy atom. The third-order valence-electron chi connectivity index (χ3n) is 1.56. The van der Waals surface area contributed by atoms with Crippen molar-refractivity contribution in [3.8, 4) is 0 Å². The van der Waals surface area contributed by atoms with Crippen molar-refractivity contribution in [3.63, 3.8) is 0 Å². The van der Waals surface area contributed by atoms with Crippen LogP contribution in [-0.2, 0) is 0 Å². The van der Waals surface area contributed by atoms with E-state index in [1.54, 1.807) is 6.08 Å². The fraction of sp³-hybridized carbons (Fsp3) is 0.200.